The van der Waals surface area contributed by atoms with Crippen LogP contribution in [0.15, 0.2) is 89.9 Å². The maximum Gasteiger partial charge on any atom is 0.0719 e. The molecule has 0 N–H and O–H groups in total. The van der Waals surface area contributed by atoms with E-state index in [1.54, 1.807) is 0 Å². The molecule has 2 aliphatic rings. The molecule has 2 heteroatoms. The molecule has 0 radical (unpaired) electrons. The van der Waals surface area contributed by atoms with Crippen LogP contribution in [0.2, 0.25) is 0 Å². The first-order valence-electron chi connectivity index (χ1n) is 9.07. The van der Waals surface area contributed by atoms with Gasteiger partial charge in [0, 0.05) is 22.4 Å². The highest BCUT2D eigenvalue weighted by Crippen LogP contribution is 2.41. The Balaban J connectivity index is 1.84. The molecule has 0 fully saturated rings. The van der Waals surface area contributed by atoms with Crippen LogP contribution in [-0.2, 0) is 0 Å². The van der Waals surface area contributed by atoms with Crippen molar-refractivity contribution in [1.82, 2.24) is 4.57 Å². The molecule has 0 bridgehead atoms. The maximum absolute atomic E-state index is 2.49. The van der Waals surface area contributed by atoms with Crippen LogP contribution in [-0.4, -0.2) is 4.57 Å². The second kappa shape index (κ2) is 5.33. The van der Waals surface area contributed by atoms with Gasteiger partial charge in [0.15, 0.2) is 0 Å². The molecular formula is C24H17NS. The highest BCUT2D eigenvalue weighted by molar-refractivity contribution is 7.18. The summed E-state index contributed by atoms with van der Waals surface area (Å²) in [4.78, 5) is 0. The summed E-state index contributed by atoms with van der Waals surface area (Å²) in [6.45, 7) is 0. The van der Waals surface area contributed by atoms with Gasteiger partial charge in [-0.2, -0.15) is 0 Å². The van der Waals surface area contributed by atoms with E-state index in [9.17, 15) is 0 Å². The maximum atomic E-state index is 2.49. The Bertz CT molecular complexity index is 1310. The molecule has 0 amide bonds. The van der Waals surface area contributed by atoms with Crippen molar-refractivity contribution in [2.45, 2.75) is 6.42 Å². The summed E-state index contributed by atoms with van der Waals surface area (Å²) in [6.07, 6.45) is 14.7. The van der Waals surface area contributed by atoms with E-state index in [0.717, 1.165) is 6.42 Å². The van der Waals surface area contributed by atoms with Gasteiger partial charge in [-0.1, -0.05) is 60.7 Å². The van der Waals surface area contributed by atoms with Crippen molar-refractivity contribution in [3.8, 4) is 0 Å². The largest absolute Gasteiger partial charge is 0.308 e. The number of para-hydroxylation sites is 1. The summed E-state index contributed by atoms with van der Waals surface area (Å²) < 4.78 is 3.86. The van der Waals surface area contributed by atoms with Crippen molar-refractivity contribution in [1.29, 1.82) is 0 Å². The van der Waals surface area contributed by atoms with E-state index in [1.807, 2.05) is 11.3 Å². The number of benzene rings is 2. The minimum Gasteiger partial charge on any atom is -0.308 e. The molecule has 1 atom stereocenters. The van der Waals surface area contributed by atoms with E-state index in [1.165, 1.54) is 43.2 Å². The van der Waals surface area contributed by atoms with Crippen molar-refractivity contribution < 1.29 is 0 Å². The number of hydrogen-bond acceptors (Lipinski definition) is 1. The third-order valence-corrected chi connectivity index (χ3v) is 6.52. The zero-order chi connectivity index (χ0) is 17.1. The van der Waals surface area contributed by atoms with Crippen LogP contribution in [0.3, 0.4) is 0 Å². The Labute approximate surface area is 155 Å². The quantitative estimate of drug-likeness (QED) is 0.351. The normalized spacial score (nSPS) is 19.2. The third-order valence-electron chi connectivity index (χ3n) is 5.59. The van der Waals surface area contributed by atoms with Crippen molar-refractivity contribution in [2.24, 2.45) is 5.92 Å². The first-order valence-corrected chi connectivity index (χ1v) is 9.95. The highest BCUT2D eigenvalue weighted by atomic mass is 32.1. The van der Waals surface area contributed by atoms with Crippen molar-refractivity contribution in [2.75, 3.05) is 0 Å². The van der Waals surface area contributed by atoms with Crippen LogP contribution in [0.25, 0.3) is 37.6 Å². The second-order valence-electron chi connectivity index (χ2n) is 6.98. The van der Waals surface area contributed by atoms with E-state index < -0.39 is 0 Å². The van der Waals surface area contributed by atoms with Gasteiger partial charge in [-0.25, -0.2) is 0 Å². The topological polar surface area (TPSA) is 4.93 Å². The standard InChI is InChI=1S/C24H17NS/c1-2-8-18-16(6-1)7-5-11-21(18)25-22-10-4-3-9-19(22)20-13-12-17-14-15-26-24(17)23(20)25/h1-6,8-16H,7H2. The molecule has 2 aromatic carbocycles. The van der Waals surface area contributed by atoms with Gasteiger partial charge in [-0.3, -0.25) is 0 Å². The lowest BCUT2D eigenvalue weighted by atomic mass is 9.86. The molecule has 0 saturated carbocycles. The summed E-state index contributed by atoms with van der Waals surface area (Å²) in [7, 11) is 0. The molecule has 0 aliphatic heterocycles. The van der Waals surface area contributed by atoms with Crippen molar-refractivity contribution in [3.05, 3.63) is 89.9 Å². The molecule has 2 aromatic heterocycles. The lowest BCUT2D eigenvalue weighted by molar-refractivity contribution is 0.776. The summed E-state index contributed by atoms with van der Waals surface area (Å²) in [5.41, 5.74) is 5.37. The van der Waals surface area contributed by atoms with Gasteiger partial charge in [0.2, 0.25) is 0 Å². The molecule has 2 heterocycles. The average molecular weight is 351 g/mol. The fourth-order valence-corrected chi connectivity index (χ4v) is 5.35. The molecule has 6 rings (SSSR count). The molecule has 0 saturated heterocycles. The first-order chi connectivity index (χ1) is 12.9. The Morgan fingerprint density at radius 3 is 2.88 bits per heavy atom. The van der Waals surface area contributed by atoms with E-state index in [-0.39, 0.29) is 0 Å². The monoisotopic (exact) mass is 351 g/mol. The Morgan fingerprint density at radius 2 is 1.88 bits per heavy atom. The number of allylic oxidation sites excluding steroid dienone is 8. The zero-order valence-electron chi connectivity index (χ0n) is 14.2. The molecule has 1 unspecified atom stereocenters. The Morgan fingerprint density at radius 1 is 0.923 bits per heavy atom. The van der Waals surface area contributed by atoms with Gasteiger partial charge in [-0.05, 0) is 41.0 Å². The van der Waals surface area contributed by atoms with E-state index in [0.29, 0.717) is 5.92 Å². The molecule has 4 aromatic rings. The molecular weight excluding hydrogens is 334 g/mol. The second-order valence-corrected chi connectivity index (χ2v) is 7.90. The van der Waals surface area contributed by atoms with Crippen LogP contribution < -0.4 is 0 Å². The van der Waals surface area contributed by atoms with Gasteiger partial charge < -0.3 is 4.57 Å². The summed E-state index contributed by atoms with van der Waals surface area (Å²) >= 11 is 1.84. The number of nitrogens with zero attached hydrogens (tertiary/aromatic N) is 1. The van der Waals surface area contributed by atoms with Crippen molar-refractivity contribution in [3.63, 3.8) is 0 Å². The van der Waals surface area contributed by atoms with Gasteiger partial charge >= 0.3 is 0 Å². The zero-order valence-corrected chi connectivity index (χ0v) is 15.0. The lowest BCUT2D eigenvalue weighted by Gasteiger charge is -2.24. The number of aromatic nitrogens is 1. The minimum absolute atomic E-state index is 0.485. The number of hydrogen-bond donors (Lipinski definition) is 0. The summed E-state index contributed by atoms with van der Waals surface area (Å²) in [6, 6.07) is 15.6. The van der Waals surface area contributed by atoms with Crippen LogP contribution >= 0.6 is 11.3 Å². The number of rotatable bonds is 1. The number of thiophene rings is 1. The fraction of sp³-hybridized carbons (Fsp3) is 0.0833. The smallest absolute Gasteiger partial charge is 0.0719 e. The average Bonchev–Trinajstić information content (AvgIpc) is 3.30. The fourth-order valence-electron chi connectivity index (χ4n) is 4.42. The molecule has 26 heavy (non-hydrogen) atoms. The van der Waals surface area contributed by atoms with Crippen LogP contribution in [0.5, 0.6) is 0 Å². The van der Waals surface area contributed by atoms with Gasteiger partial charge in [0.05, 0.1) is 15.7 Å². The lowest BCUT2D eigenvalue weighted by Crippen LogP contribution is -2.10. The van der Waals surface area contributed by atoms with E-state index in [2.05, 4.69) is 88.9 Å². The molecule has 1 nitrogen and oxygen atoms in total. The molecule has 2 aliphatic carbocycles. The summed E-state index contributed by atoms with van der Waals surface area (Å²) in [5, 5.41) is 6.20. The van der Waals surface area contributed by atoms with Gasteiger partial charge in [0.1, 0.15) is 0 Å². The number of fused-ring (bicyclic) bond motifs is 6. The van der Waals surface area contributed by atoms with Crippen LogP contribution in [0.4, 0.5) is 0 Å². The van der Waals surface area contributed by atoms with E-state index in [4.69, 9.17) is 0 Å². The van der Waals surface area contributed by atoms with Crippen LogP contribution in [0, 0.1) is 5.92 Å². The van der Waals surface area contributed by atoms with Crippen molar-refractivity contribution >= 4 is 48.9 Å². The van der Waals surface area contributed by atoms with E-state index >= 15 is 0 Å². The predicted molar refractivity (Wildman–Crippen MR) is 114 cm³/mol. The summed E-state index contributed by atoms with van der Waals surface area (Å²) in [5.74, 6) is 0.485. The highest BCUT2D eigenvalue weighted by Gasteiger charge is 2.22. The van der Waals surface area contributed by atoms with Crippen LogP contribution in [0.1, 0.15) is 6.42 Å². The minimum atomic E-state index is 0.485. The molecule has 124 valence electrons. The van der Waals surface area contributed by atoms with Gasteiger partial charge in [0.25, 0.3) is 0 Å². The Hall–Kier alpha value is -2.84. The Kier molecular flexibility index (Phi) is 2.94. The SMILES string of the molecule is C1=CC2=C(n3c4ccccc4c4ccc5ccsc5c43)C=CCC2C=C1. The first kappa shape index (κ1) is 14.3. The predicted octanol–water partition coefficient (Wildman–Crippen LogP) is 6.92. The van der Waals surface area contributed by atoms with Gasteiger partial charge in [-0.15, -0.1) is 11.3 Å². The molecule has 0 spiro atoms. The third kappa shape index (κ3) is 1.85.